The summed E-state index contributed by atoms with van der Waals surface area (Å²) in [6, 6.07) is 17.4. The van der Waals surface area contributed by atoms with E-state index in [-0.39, 0.29) is 5.91 Å². The van der Waals surface area contributed by atoms with Crippen LogP contribution in [0.15, 0.2) is 73.2 Å². The molecule has 0 radical (unpaired) electrons. The molecule has 2 aromatic heterocycles. The van der Waals surface area contributed by atoms with E-state index in [9.17, 15) is 4.79 Å². The van der Waals surface area contributed by atoms with Crippen molar-refractivity contribution in [3.63, 3.8) is 0 Å². The lowest BCUT2D eigenvalue weighted by Gasteiger charge is -2.15. The van der Waals surface area contributed by atoms with Gasteiger partial charge in [-0.25, -0.2) is 9.67 Å². The number of aromatic nitrogens is 4. The molecule has 6 nitrogen and oxygen atoms in total. The van der Waals surface area contributed by atoms with Crippen molar-refractivity contribution in [3.8, 4) is 5.69 Å². The molecule has 0 bridgehead atoms. The smallest absolute Gasteiger partial charge is 0.274 e. The third-order valence-corrected chi connectivity index (χ3v) is 4.09. The molecule has 0 aliphatic rings. The molecular weight excluding hydrogens is 326 g/mol. The predicted molar refractivity (Wildman–Crippen MR) is 98.9 cm³/mol. The van der Waals surface area contributed by atoms with Crippen LogP contribution in [0.2, 0.25) is 0 Å². The van der Waals surface area contributed by atoms with Crippen LogP contribution in [0.1, 0.15) is 16.1 Å². The molecule has 0 aliphatic heterocycles. The maximum atomic E-state index is 12.7. The number of amides is 1. The fourth-order valence-corrected chi connectivity index (χ4v) is 2.77. The van der Waals surface area contributed by atoms with E-state index in [1.165, 1.54) is 6.20 Å². The number of benzene rings is 2. The van der Waals surface area contributed by atoms with Crippen LogP contribution in [-0.4, -0.2) is 37.6 Å². The zero-order chi connectivity index (χ0) is 17.9. The quantitative estimate of drug-likeness (QED) is 0.571. The molecule has 0 N–H and O–H groups in total. The standard InChI is InChI=1S/C20H17N5O/c1-24(13-15-11-22-25(14-15)16-7-3-2-4-8-16)20(26)19-12-21-17-9-5-6-10-18(17)23-19/h2-12,14H,13H2,1H3. The number of carbonyl (C=O) groups excluding carboxylic acids is 1. The molecule has 1 amide bonds. The second kappa shape index (κ2) is 6.76. The molecule has 0 saturated carbocycles. The van der Waals surface area contributed by atoms with Gasteiger partial charge in [-0.2, -0.15) is 5.10 Å². The highest BCUT2D eigenvalue weighted by Gasteiger charge is 2.15. The lowest BCUT2D eigenvalue weighted by molar-refractivity contribution is 0.0779. The molecule has 2 heterocycles. The molecule has 4 aromatic rings. The van der Waals surface area contributed by atoms with Gasteiger partial charge in [-0.1, -0.05) is 30.3 Å². The third-order valence-electron chi connectivity index (χ3n) is 4.09. The number of hydrogen-bond acceptors (Lipinski definition) is 4. The summed E-state index contributed by atoms with van der Waals surface area (Å²) >= 11 is 0. The van der Waals surface area contributed by atoms with Crippen molar-refractivity contribution >= 4 is 16.9 Å². The summed E-state index contributed by atoms with van der Waals surface area (Å²) < 4.78 is 1.80. The van der Waals surface area contributed by atoms with Crippen LogP contribution in [-0.2, 0) is 6.54 Å². The predicted octanol–water partition coefficient (Wildman–Crippen LogP) is 3.09. The first kappa shape index (κ1) is 16.0. The van der Waals surface area contributed by atoms with Gasteiger partial charge in [-0.3, -0.25) is 9.78 Å². The summed E-state index contributed by atoms with van der Waals surface area (Å²) in [4.78, 5) is 23.0. The molecule has 0 atom stereocenters. The van der Waals surface area contributed by atoms with Gasteiger partial charge in [-0.15, -0.1) is 0 Å². The van der Waals surface area contributed by atoms with Crippen LogP contribution < -0.4 is 0 Å². The second-order valence-electron chi connectivity index (χ2n) is 6.03. The molecule has 26 heavy (non-hydrogen) atoms. The maximum absolute atomic E-state index is 12.7. The number of fused-ring (bicyclic) bond motifs is 1. The lowest BCUT2D eigenvalue weighted by Crippen LogP contribution is -2.27. The normalized spacial score (nSPS) is 10.8. The Morgan fingerprint density at radius 1 is 1.00 bits per heavy atom. The van der Waals surface area contributed by atoms with Gasteiger partial charge >= 0.3 is 0 Å². The van der Waals surface area contributed by atoms with E-state index in [0.29, 0.717) is 17.8 Å². The first-order valence-corrected chi connectivity index (χ1v) is 8.27. The molecule has 128 valence electrons. The monoisotopic (exact) mass is 343 g/mol. The number of para-hydroxylation sites is 3. The maximum Gasteiger partial charge on any atom is 0.274 e. The van der Waals surface area contributed by atoms with Crippen molar-refractivity contribution < 1.29 is 4.79 Å². The second-order valence-corrected chi connectivity index (χ2v) is 6.03. The average molecular weight is 343 g/mol. The topological polar surface area (TPSA) is 63.9 Å². The molecule has 4 rings (SSSR count). The van der Waals surface area contributed by atoms with Crippen LogP contribution in [0.25, 0.3) is 16.7 Å². The van der Waals surface area contributed by atoms with Gasteiger partial charge in [-0.05, 0) is 24.3 Å². The minimum absolute atomic E-state index is 0.171. The van der Waals surface area contributed by atoms with E-state index >= 15 is 0 Å². The first-order valence-electron chi connectivity index (χ1n) is 8.27. The number of hydrogen-bond donors (Lipinski definition) is 0. The third kappa shape index (κ3) is 3.17. The zero-order valence-electron chi connectivity index (χ0n) is 14.3. The number of nitrogens with zero attached hydrogens (tertiary/aromatic N) is 5. The number of rotatable bonds is 4. The molecule has 6 heteroatoms. The Bertz CT molecular complexity index is 1060. The van der Waals surface area contributed by atoms with E-state index < -0.39 is 0 Å². The molecule has 0 aliphatic carbocycles. The molecule has 0 saturated heterocycles. The molecule has 2 aromatic carbocycles. The SMILES string of the molecule is CN(Cc1cnn(-c2ccccc2)c1)C(=O)c1cnc2ccccc2n1. The van der Waals surface area contributed by atoms with Crippen molar-refractivity contribution in [2.24, 2.45) is 0 Å². The van der Waals surface area contributed by atoms with Gasteiger partial charge in [0.1, 0.15) is 5.69 Å². The minimum atomic E-state index is -0.171. The van der Waals surface area contributed by atoms with E-state index in [1.807, 2.05) is 60.8 Å². The highest BCUT2D eigenvalue weighted by Crippen LogP contribution is 2.12. The minimum Gasteiger partial charge on any atom is -0.336 e. The van der Waals surface area contributed by atoms with Crippen LogP contribution in [0.5, 0.6) is 0 Å². The summed E-state index contributed by atoms with van der Waals surface area (Å²) in [7, 11) is 1.75. The Labute approximate surface area is 150 Å². The Morgan fingerprint density at radius 2 is 1.73 bits per heavy atom. The summed E-state index contributed by atoms with van der Waals surface area (Å²) in [6.45, 7) is 0.445. The highest BCUT2D eigenvalue weighted by molar-refractivity contribution is 5.93. The van der Waals surface area contributed by atoms with Crippen molar-refractivity contribution in [2.45, 2.75) is 6.54 Å². The van der Waals surface area contributed by atoms with E-state index in [4.69, 9.17) is 0 Å². The number of carbonyl (C=O) groups is 1. The summed E-state index contributed by atoms with van der Waals surface area (Å²) in [6.07, 6.45) is 5.21. The zero-order valence-corrected chi connectivity index (χ0v) is 14.3. The fraction of sp³-hybridized carbons (Fsp3) is 0.100. The van der Waals surface area contributed by atoms with Crippen molar-refractivity contribution in [1.82, 2.24) is 24.6 Å². The summed E-state index contributed by atoms with van der Waals surface area (Å²) in [5, 5.41) is 4.36. The van der Waals surface area contributed by atoms with Crippen LogP contribution >= 0.6 is 0 Å². The Kier molecular flexibility index (Phi) is 4.15. The van der Waals surface area contributed by atoms with Crippen LogP contribution in [0.3, 0.4) is 0 Å². The Balaban J connectivity index is 1.51. The van der Waals surface area contributed by atoms with Crippen molar-refractivity contribution in [3.05, 3.63) is 84.4 Å². The molecule has 0 fully saturated rings. The average Bonchev–Trinajstić information content (AvgIpc) is 3.16. The summed E-state index contributed by atoms with van der Waals surface area (Å²) in [5.74, 6) is -0.171. The van der Waals surface area contributed by atoms with Crippen LogP contribution in [0, 0.1) is 0 Å². The van der Waals surface area contributed by atoms with Gasteiger partial charge in [0.2, 0.25) is 0 Å². The summed E-state index contributed by atoms with van der Waals surface area (Å²) in [5.41, 5.74) is 3.74. The highest BCUT2D eigenvalue weighted by atomic mass is 16.2. The molecule has 0 spiro atoms. The van der Waals surface area contributed by atoms with Gasteiger partial charge < -0.3 is 4.90 Å². The fourth-order valence-electron chi connectivity index (χ4n) is 2.77. The van der Waals surface area contributed by atoms with Crippen LogP contribution in [0.4, 0.5) is 0 Å². The van der Waals surface area contributed by atoms with E-state index in [2.05, 4.69) is 15.1 Å². The van der Waals surface area contributed by atoms with Gasteiger partial charge in [0.05, 0.1) is 29.1 Å². The van der Waals surface area contributed by atoms with Gasteiger partial charge in [0.25, 0.3) is 5.91 Å². The Hall–Kier alpha value is -3.54. The van der Waals surface area contributed by atoms with Crippen molar-refractivity contribution in [1.29, 1.82) is 0 Å². The van der Waals surface area contributed by atoms with E-state index in [1.54, 1.807) is 22.8 Å². The lowest BCUT2D eigenvalue weighted by atomic mass is 10.2. The molecular formula is C20H17N5O. The van der Waals surface area contributed by atoms with Gasteiger partial charge in [0.15, 0.2) is 0 Å². The first-order chi connectivity index (χ1) is 12.7. The largest absolute Gasteiger partial charge is 0.336 e. The van der Waals surface area contributed by atoms with Crippen molar-refractivity contribution in [2.75, 3.05) is 7.05 Å². The van der Waals surface area contributed by atoms with Gasteiger partial charge in [0, 0.05) is 25.4 Å². The van der Waals surface area contributed by atoms with E-state index in [0.717, 1.165) is 16.8 Å². The molecule has 0 unspecified atom stereocenters. The Morgan fingerprint density at radius 3 is 2.54 bits per heavy atom.